The number of carbonyl (C=O) groups is 1. The van der Waals surface area contributed by atoms with Crippen LogP contribution in [0.1, 0.15) is 10.5 Å². The van der Waals surface area contributed by atoms with Crippen LogP contribution in [0.15, 0.2) is 22.1 Å². The fourth-order valence-corrected chi connectivity index (χ4v) is 3.09. The van der Waals surface area contributed by atoms with Gasteiger partial charge in [-0.2, -0.15) is 0 Å². The summed E-state index contributed by atoms with van der Waals surface area (Å²) in [6.07, 6.45) is 0. The molecule has 0 fully saturated rings. The molecule has 1 aromatic heterocycles. The van der Waals surface area contributed by atoms with Gasteiger partial charge in [0, 0.05) is 11.6 Å². The van der Waals surface area contributed by atoms with Crippen LogP contribution < -0.4 is 9.47 Å². The summed E-state index contributed by atoms with van der Waals surface area (Å²) in [4.78, 5) is 16.6. The lowest BCUT2D eigenvalue weighted by Gasteiger charge is -2.08. The smallest absolute Gasteiger partial charge is 0.358 e. The van der Waals surface area contributed by atoms with E-state index in [-0.39, 0.29) is 5.69 Å². The first-order valence-corrected chi connectivity index (χ1v) is 7.18. The van der Waals surface area contributed by atoms with Crippen LogP contribution >= 0.6 is 27.3 Å². The van der Waals surface area contributed by atoms with E-state index < -0.39 is 5.97 Å². The molecular weight excluding hydrogens is 346 g/mol. The zero-order valence-corrected chi connectivity index (χ0v) is 13.5. The Bertz CT molecular complexity index is 619. The summed E-state index contributed by atoms with van der Waals surface area (Å²) < 4.78 is 15.8. The maximum Gasteiger partial charge on any atom is 0.358 e. The van der Waals surface area contributed by atoms with E-state index in [2.05, 4.69) is 20.9 Å². The molecule has 1 aromatic carbocycles. The van der Waals surface area contributed by atoms with Crippen LogP contribution in [0.25, 0.3) is 10.4 Å². The van der Waals surface area contributed by atoms with E-state index in [0.717, 1.165) is 5.56 Å². The number of aromatic nitrogens is 1. The minimum absolute atomic E-state index is 0.264. The van der Waals surface area contributed by atoms with Gasteiger partial charge in [-0.15, -0.1) is 11.3 Å². The molecule has 0 unspecified atom stereocenters. The molecule has 0 aliphatic heterocycles. The fourth-order valence-electron chi connectivity index (χ4n) is 1.66. The van der Waals surface area contributed by atoms with Gasteiger partial charge in [-0.1, -0.05) is 0 Å². The normalized spacial score (nSPS) is 10.2. The summed E-state index contributed by atoms with van der Waals surface area (Å²) in [7, 11) is 4.47. The first kappa shape index (κ1) is 14.8. The summed E-state index contributed by atoms with van der Waals surface area (Å²) in [5.41, 5.74) is 1.05. The number of ether oxygens (including phenoxy) is 3. The van der Waals surface area contributed by atoms with Gasteiger partial charge in [-0.3, -0.25) is 0 Å². The second-order valence-corrected chi connectivity index (χ2v) is 6.01. The summed E-state index contributed by atoms with van der Waals surface area (Å²) in [6, 6.07) is 5.39. The SMILES string of the molecule is COC(=O)c1nc(Br)sc1-c1cc(OC)cc(OC)c1. The molecule has 2 rings (SSSR count). The van der Waals surface area contributed by atoms with Crippen molar-refractivity contribution in [2.24, 2.45) is 0 Å². The van der Waals surface area contributed by atoms with Crippen molar-refractivity contribution in [3.05, 3.63) is 27.8 Å². The Morgan fingerprint density at radius 1 is 1.15 bits per heavy atom. The quantitative estimate of drug-likeness (QED) is 0.785. The third-order valence-electron chi connectivity index (χ3n) is 2.59. The zero-order valence-electron chi connectivity index (χ0n) is 11.1. The van der Waals surface area contributed by atoms with E-state index in [1.165, 1.54) is 18.4 Å². The van der Waals surface area contributed by atoms with Gasteiger partial charge in [0.1, 0.15) is 11.5 Å². The minimum atomic E-state index is -0.483. The van der Waals surface area contributed by atoms with Crippen LogP contribution in [0, 0.1) is 0 Å². The van der Waals surface area contributed by atoms with Crippen LogP contribution in [0.4, 0.5) is 0 Å². The number of carbonyl (C=O) groups excluding carboxylic acids is 1. The Morgan fingerprint density at radius 2 is 1.75 bits per heavy atom. The number of esters is 1. The lowest BCUT2D eigenvalue weighted by atomic mass is 10.1. The molecule has 106 valence electrons. The molecule has 0 spiro atoms. The van der Waals surface area contributed by atoms with Crippen molar-refractivity contribution in [1.29, 1.82) is 0 Å². The lowest BCUT2D eigenvalue weighted by Crippen LogP contribution is -2.03. The van der Waals surface area contributed by atoms with E-state index >= 15 is 0 Å². The zero-order chi connectivity index (χ0) is 14.7. The van der Waals surface area contributed by atoms with Gasteiger partial charge in [-0.25, -0.2) is 9.78 Å². The van der Waals surface area contributed by atoms with Gasteiger partial charge < -0.3 is 14.2 Å². The van der Waals surface area contributed by atoms with Crippen LogP contribution in [0.2, 0.25) is 0 Å². The minimum Gasteiger partial charge on any atom is -0.497 e. The van der Waals surface area contributed by atoms with Crippen molar-refractivity contribution < 1.29 is 19.0 Å². The average molecular weight is 358 g/mol. The van der Waals surface area contributed by atoms with Crippen molar-refractivity contribution in [3.8, 4) is 21.9 Å². The molecule has 20 heavy (non-hydrogen) atoms. The van der Waals surface area contributed by atoms with Crippen LogP contribution in [-0.4, -0.2) is 32.3 Å². The highest BCUT2D eigenvalue weighted by Crippen LogP contribution is 2.37. The molecule has 1 heterocycles. The highest BCUT2D eigenvalue weighted by molar-refractivity contribution is 9.11. The van der Waals surface area contributed by atoms with E-state index in [4.69, 9.17) is 14.2 Å². The molecule has 5 nitrogen and oxygen atoms in total. The highest BCUT2D eigenvalue weighted by atomic mass is 79.9. The second kappa shape index (κ2) is 6.23. The molecule has 0 amide bonds. The summed E-state index contributed by atoms with van der Waals surface area (Å²) in [5.74, 6) is 0.795. The topological polar surface area (TPSA) is 57.7 Å². The number of thiazole rings is 1. The fraction of sp³-hybridized carbons (Fsp3) is 0.231. The van der Waals surface area contributed by atoms with E-state index in [9.17, 15) is 4.79 Å². The molecule has 7 heteroatoms. The van der Waals surface area contributed by atoms with Crippen molar-refractivity contribution in [2.45, 2.75) is 0 Å². The van der Waals surface area contributed by atoms with Gasteiger partial charge >= 0.3 is 5.97 Å². The van der Waals surface area contributed by atoms with Gasteiger partial charge in [0.15, 0.2) is 9.61 Å². The Morgan fingerprint density at radius 3 is 2.25 bits per heavy atom. The largest absolute Gasteiger partial charge is 0.497 e. The Labute approximate surface area is 128 Å². The summed E-state index contributed by atoms with van der Waals surface area (Å²) in [6.45, 7) is 0. The summed E-state index contributed by atoms with van der Waals surface area (Å²) >= 11 is 4.63. The molecule has 0 radical (unpaired) electrons. The lowest BCUT2D eigenvalue weighted by molar-refractivity contribution is 0.0595. The maximum atomic E-state index is 11.8. The number of nitrogens with zero attached hydrogens (tertiary/aromatic N) is 1. The first-order valence-electron chi connectivity index (χ1n) is 5.57. The molecule has 2 aromatic rings. The van der Waals surface area contributed by atoms with Gasteiger partial charge in [0.25, 0.3) is 0 Å². The average Bonchev–Trinajstić information content (AvgIpc) is 2.87. The molecule has 0 N–H and O–H groups in total. The van der Waals surface area contributed by atoms with Crippen molar-refractivity contribution >= 4 is 33.2 Å². The second-order valence-electron chi connectivity index (χ2n) is 3.74. The first-order chi connectivity index (χ1) is 9.58. The Balaban J connectivity index is 2.58. The molecule has 0 bridgehead atoms. The third kappa shape index (κ3) is 2.94. The third-order valence-corrected chi connectivity index (χ3v) is 4.15. The predicted molar refractivity (Wildman–Crippen MR) is 79.7 cm³/mol. The van der Waals surface area contributed by atoms with Gasteiger partial charge in [0.05, 0.1) is 26.2 Å². The van der Waals surface area contributed by atoms with Gasteiger partial charge in [-0.05, 0) is 28.1 Å². The van der Waals surface area contributed by atoms with Crippen LogP contribution in [-0.2, 0) is 4.74 Å². The molecular formula is C13H12BrNO4S. The number of halogens is 1. The standard InChI is InChI=1S/C13H12BrNO4S/c1-17-8-4-7(5-9(6-8)18-2)11-10(12(16)19-3)15-13(14)20-11/h4-6H,1-3H3. The predicted octanol–water partition coefficient (Wildman–Crippen LogP) is 3.38. The monoisotopic (exact) mass is 357 g/mol. The molecule has 0 aliphatic rings. The summed E-state index contributed by atoms with van der Waals surface area (Å²) in [5, 5.41) is 0. The van der Waals surface area contributed by atoms with E-state index in [1.807, 2.05) is 12.1 Å². The highest BCUT2D eigenvalue weighted by Gasteiger charge is 2.20. The van der Waals surface area contributed by atoms with Crippen LogP contribution in [0.3, 0.4) is 0 Å². The molecule has 0 saturated heterocycles. The van der Waals surface area contributed by atoms with Crippen LogP contribution in [0.5, 0.6) is 11.5 Å². The molecule has 0 saturated carbocycles. The van der Waals surface area contributed by atoms with Crippen molar-refractivity contribution in [3.63, 3.8) is 0 Å². The number of rotatable bonds is 4. The maximum absolute atomic E-state index is 11.8. The van der Waals surface area contributed by atoms with E-state index in [1.54, 1.807) is 20.3 Å². The molecule has 0 aliphatic carbocycles. The van der Waals surface area contributed by atoms with Crippen molar-refractivity contribution in [2.75, 3.05) is 21.3 Å². The van der Waals surface area contributed by atoms with E-state index in [0.29, 0.717) is 20.3 Å². The van der Waals surface area contributed by atoms with Gasteiger partial charge in [0.2, 0.25) is 0 Å². The number of hydrogen-bond acceptors (Lipinski definition) is 6. The Hall–Kier alpha value is -1.60. The number of benzene rings is 1. The molecule has 0 atom stereocenters. The number of hydrogen-bond donors (Lipinski definition) is 0. The Kier molecular flexibility index (Phi) is 4.61. The number of methoxy groups -OCH3 is 3. The van der Waals surface area contributed by atoms with Crippen molar-refractivity contribution in [1.82, 2.24) is 4.98 Å².